The summed E-state index contributed by atoms with van der Waals surface area (Å²) < 4.78 is 3.00. The van der Waals surface area contributed by atoms with Crippen molar-refractivity contribution in [3.8, 4) is 0 Å². The van der Waals surface area contributed by atoms with E-state index in [1.54, 1.807) is 31.3 Å². The van der Waals surface area contributed by atoms with Crippen LogP contribution in [0.5, 0.6) is 0 Å². The summed E-state index contributed by atoms with van der Waals surface area (Å²) in [6.45, 7) is 3.69. The number of pyridine rings is 2. The molecular formula is C23H20N4O2. The number of ketones is 1. The minimum absolute atomic E-state index is 0.0732. The lowest BCUT2D eigenvalue weighted by Crippen LogP contribution is -2.19. The van der Waals surface area contributed by atoms with Crippen molar-refractivity contribution in [1.29, 1.82) is 0 Å². The van der Waals surface area contributed by atoms with E-state index in [4.69, 9.17) is 5.73 Å². The van der Waals surface area contributed by atoms with Gasteiger partial charge in [-0.25, -0.2) is 0 Å². The van der Waals surface area contributed by atoms with Gasteiger partial charge >= 0.3 is 0 Å². The average molecular weight is 384 g/mol. The van der Waals surface area contributed by atoms with Gasteiger partial charge in [0.05, 0.1) is 17.4 Å². The van der Waals surface area contributed by atoms with Crippen molar-refractivity contribution < 1.29 is 4.79 Å². The molecule has 0 radical (unpaired) electrons. The highest BCUT2D eigenvalue weighted by atomic mass is 16.1. The Labute approximate surface area is 167 Å². The number of rotatable bonds is 4. The zero-order chi connectivity index (χ0) is 20.5. The number of benzene rings is 1. The maximum atomic E-state index is 13.2. The second kappa shape index (κ2) is 7.24. The quantitative estimate of drug-likeness (QED) is 0.432. The van der Waals surface area contributed by atoms with E-state index < -0.39 is 0 Å². The van der Waals surface area contributed by atoms with Crippen molar-refractivity contribution in [1.82, 2.24) is 9.08 Å². The van der Waals surface area contributed by atoms with Gasteiger partial charge in [0, 0.05) is 23.4 Å². The number of fused-ring (bicyclic) bond motifs is 1. The molecule has 0 bridgehead atoms. The van der Waals surface area contributed by atoms with Crippen molar-refractivity contribution in [3.63, 3.8) is 0 Å². The summed E-state index contributed by atoms with van der Waals surface area (Å²) in [6.07, 6.45) is 3.43. The molecule has 0 spiro atoms. The molecule has 0 saturated carbocycles. The van der Waals surface area contributed by atoms with Crippen LogP contribution in [-0.2, 0) is 0 Å². The molecule has 29 heavy (non-hydrogen) atoms. The van der Waals surface area contributed by atoms with Gasteiger partial charge < -0.3 is 10.1 Å². The van der Waals surface area contributed by atoms with Crippen LogP contribution in [-0.4, -0.2) is 21.1 Å². The standard InChI is InChI=1S/C23H20N4O2/c1-15-12-20(24)27(21(28)13-15)25-14-18-16(2)22(26-11-7-6-10-19(18)26)23(29)17-8-4-3-5-9-17/h3-14H,24H2,1-2H3/b25-14-. The Kier molecular flexibility index (Phi) is 4.60. The molecule has 0 saturated heterocycles. The summed E-state index contributed by atoms with van der Waals surface area (Å²) in [7, 11) is 0. The summed E-state index contributed by atoms with van der Waals surface area (Å²) in [6, 6.07) is 18.0. The molecule has 0 aliphatic rings. The van der Waals surface area contributed by atoms with Gasteiger partial charge in [-0.05, 0) is 43.2 Å². The molecule has 6 heteroatoms. The lowest BCUT2D eigenvalue weighted by molar-refractivity contribution is 0.103. The Bertz CT molecular complexity index is 1310. The number of carbonyl (C=O) groups excluding carboxylic acids is 1. The zero-order valence-electron chi connectivity index (χ0n) is 16.2. The lowest BCUT2D eigenvalue weighted by atomic mass is 10.0. The monoisotopic (exact) mass is 384 g/mol. The minimum atomic E-state index is -0.305. The van der Waals surface area contributed by atoms with Gasteiger partial charge in [0.15, 0.2) is 0 Å². The van der Waals surface area contributed by atoms with Crippen molar-refractivity contribution in [2.75, 3.05) is 5.73 Å². The second-order valence-corrected chi connectivity index (χ2v) is 6.89. The van der Waals surface area contributed by atoms with Crippen LogP contribution in [0.4, 0.5) is 5.82 Å². The van der Waals surface area contributed by atoms with Crippen LogP contribution in [0, 0.1) is 13.8 Å². The summed E-state index contributed by atoms with van der Waals surface area (Å²) in [5.74, 6) is 0.184. The van der Waals surface area contributed by atoms with E-state index in [1.807, 2.05) is 53.9 Å². The molecule has 144 valence electrons. The molecular weight excluding hydrogens is 364 g/mol. The third-order valence-electron chi connectivity index (χ3n) is 4.87. The van der Waals surface area contributed by atoms with Gasteiger partial charge in [0.1, 0.15) is 5.82 Å². The predicted molar refractivity (Wildman–Crippen MR) is 115 cm³/mol. The van der Waals surface area contributed by atoms with E-state index in [1.165, 1.54) is 6.07 Å². The Morgan fingerprint density at radius 1 is 1.03 bits per heavy atom. The first-order valence-electron chi connectivity index (χ1n) is 9.20. The first-order valence-corrected chi connectivity index (χ1v) is 9.20. The van der Waals surface area contributed by atoms with E-state index >= 15 is 0 Å². The fourth-order valence-electron chi connectivity index (χ4n) is 3.49. The smallest absolute Gasteiger partial charge is 0.273 e. The number of nitrogens with zero attached hydrogens (tertiary/aromatic N) is 3. The van der Waals surface area contributed by atoms with Crippen LogP contribution < -0.4 is 11.3 Å². The van der Waals surface area contributed by atoms with Gasteiger partial charge in [-0.1, -0.05) is 36.4 Å². The van der Waals surface area contributed by atoms with Crippen LogP contribution in [0.3, 0.4) is 0 Å². The average Bonchev–Trinajstić information content (AvgIpc) is 2.99. The number of aryl methyl sites for hydroxylation is 1. The van der Waals surface area contributed by atoms with E-state index in [-0.39, 0.29) is 17.2 Å². The molecule has 1 aromatic carbocycles. The molecule has 0 atom stereocenters. The molecule has 4 rings (SSSR count). The maximum Gasteiger partial charge on any atom is 0.273 e. The summed E-state index contributed by atoms with van der Waals surface area (Å²) in [5.41, 5.74) is 9.98. The highest BCUT2D eigenvalue weighted by Gasteiger charge is 2.20. The number of nitrogen functional groups attached to an aromatic ring is 1. The third-order valence-corrected chi connectivity index (χ3v) is 4.87. The normalized spacial score (nSPS) is 11.4. The molecule has 4 aromatic rings. The predicted octanol–water partition coefficient (Wildman–Crippen LogP) is 3.41. The largest absolute Gasteiger partial charge is 0.384 e. The lowest BCUT2D eigenvalue weighted by Gasteiger charge is -2.04. The van der Waals surface area contributed by atoms with Crippen LogP contribution in [0.2, 0.25) is 0 Å². The van der Waals surface area contributed by atoms with Crippen molar-refractivity contribution >= 4 is 23.3 Å². The van der Waals surface area contributed by atoms with Crippen LogP contribution in [0.1, 0.15) is 32.7 Å². The fraction of sp³-hybridized carbons (Fsp3) is 0.0870. The molecule has 0 aliphatic heterocycles. The Morgan fingerprint density at radius 2 is 1.76 bits per heavy atom. The number of carbonyl (C=O) groups is 1. The molecule has 0 fully saturated rings. The van der Waals surface area contributed by atoms with E-state index in [2.05, 4.69) is 5.10 Å². The van der Waals surface area contributed by atoms with Crippen LogP contribution >= 0.6 is 0 Å². The highest BCUT2D eigenvalue weighted by molar-refractivity contribution is 6.11. The number of anilines is 1. The van der Waals surface area contributed by atoms with Crippen molar-refractivity contribution in [2.24, 2.45) is 5.10 Å². The van der Waals surface area contributed by atoms with Crippen molar-refractivity contribution in [2.45, 2.75) is 13.8 Å². The van der Waals surface area contributed by atoms with E-state index in [0.717, 1.165) is 26.9 Å². The Morgan fingerprint density at radius 3 is 2.48 bits per heavy atom. The zero-order valence-corrected chi connectivity index (χ0v) is 16.2. The highest BCUT2D eigenvalue weighted by Crippen LogP contribution is 2.24. The second-order valence-electron chi connectivity index (χ2n) is 6.89. The summed E-state index contributed by atoms with van der Waals surface area (Å²) in [5, 5.41) is 4.30. The number of nitrogens with two attached hydrogens (primary N) is 1. The Balaban J connectivity index is 1.88. The van der Waals surface area contributed by atoms with Gasteiger partial charge in [0.2, 0.25) is 5.78 Å². The van der Waals surface area contributed by atoms with Gasteiger partial charge in [-0.3, -0.25) is 9.59 Å². The number of hydrogen-bond donors (Lipinski definition) is 1. The van der Waals surface area contributed by atoms with Crippen LogP contribution in [0.15, 0.2) is 76.8 Å². The minimum Gasteiger partial charge on any atom is -0.384 e. The molecule has 6 nitrogen and oxygen atoms in total. The molecule has 3 aromatic heterocycles. The van der Waals surface area contributed by atoms with Gasteiger partial charge in [0.25, 0.3) is 5.56 Å². The van der Waals surface area contributed by atoms with E-state index in [0.29, 0.717) is 11.3 Å². The molecule has 3 heterocycles. The summed E-state index contributed by atoms with van der Waals surface area (Å²) in [4.78, 5) is 25.4. The van der Waals surface area contributed by atoms with Gasteiger partial charge in [-0.15, -0.1) is 0 Å². The topological polar surface area (TPSA) is 81.9 Å². The molecule has 2 N–H and O–H groups in total. The number of hydrogen-bond acceptors (Lipinski definition) is 4. The first-order chi connectivity index (χ1) is 14.0. The van der Waals surface area contributed by atoms with E-state index in [9.17, 15) is 9.59 Å². The van der Waals surface area contributed by atoms with Crippen molar-refractivity contribution in [3.05, 3.63) is 105 Å². The molecule has 0 aliphatic carbocycles. The third kappa shape index (κ3) is 3.25. The fourth-order valence-corrected chi connectivity index (χ4v) is 3.49. The molecule has 0 unspecified atom stereocenters. The number of aromatic nitrogens is 2. The Hall–Kier alpha value is -3.93. The maximum absolute atomic E-state index is 13.2. The first kappa shape index (κ1) is 18.4. The van der Waals surface area contributed by atoms with Crippen LogP contribution in [0.25, 0.3) is 5.52 Å². The summed E-state index contributed by atoms with van der Waals surface area (Å²) >= 11 is 0. The molecule has 0 amide bonds. The van der Waals surface area contributed by atoms with Gasteiger partial charge in [-0.2, -0.15) is 9.78 Å². The SMILES string of the molecule is Cc1cc(N)n(/N=C\c2c(C)c(C(=O)c3ccccc3)n3ccccc23)c(=O)c1.